The Hall–Kier alpha value is 0.250. The first-order valence-corrected chi connectivity index (χ1v) is 7.29. The van der Waals surface area contributed by atoms with Crippen LogP contribution in [0.3, 0.4) is 0 Å². The summed E-state index contributed by atoms with van der Waals surface area (Å²) < 4.78 is 6.23. The molecule has 0 saturated heterocycles. The Balaban J connectivity index is 1.95. The first kappa shape index (κ1) is 12.7. The monoisotopic (exact) mass is 244 g/mol. The van der Waals surface area contributed by atoms with Crippen molar-refractivity contribution in [1.29, 1.82) is 0 Å². The quantitative estimate of drug-likeness (QED) is 0.670. The van der Waals surface area contributed by atoms with Crippen LogP contribution in [0.4, 0.5) is 0 Å². The van der Waals surface area contributed by atoms with Crippen LogP contribution in [0.2, 0.25) is 0 Å². The van der Waals surface area contributed by atoms with Gasteiger partial charge in [-0.05, 0) is 32.1 Å². The summed E-state index contributed by atoms with van der Waals surface area (Å²) in [5.41, 5.74) is 0.336. The van der Waals surface area contributed by atoms with Gasteiger partial charge in [-0.2, -0.15) is 0 Å². The normalized spacial score (nSPS) is 35.1. The van der Waals surface area contributed by atoms with Crippen LogP contribution in [-0.2, 0) is 4.74 Å². The van der Waals surface area contributed by atoms with E-state index >= 15 is 0 Å². The molecule has 0 bridgehead atoms. The maximum Gasteiger partial charge on any atom is 0.0663 e. The van der Waals surface area contributed by atoms with Crippen LogP contribution in [0, 0.1) is 11.3 Å². The van der Waals surface area contributed by atoms with Crippen molar-refractivity contribution < 1.29 is 4.74 Å². The van der Waals surface area contributed by atoms with Gasteiger partial charge in [0.15, 0.2) is 0 Å². The molecule has 94 valence electrons. The molecule has 3 atom stereocenters. The summed E-state index contributed by atoms with van der Waals surface area (Å²) >= 11 is 6.46. The first-order chi connectivity index (χ1) is 7.56. The van der Waals surface area contributed by atoms with Crippen LogP contribution >= 0.6 is 11.6 Å². The molecule has 2 aliphatic rings. The summed E-state index contributed by atoms with van der Waals surface area (Å²) in [5.74, 6) is 0.606. The topological polar surface area (TPSA) is 9.23 Å². The molecule has 0 amide bonds. The number of ether oxygens (including phenoxy) is 1. The van der Waals surface area contributed by atoms with E-state index in [2.05, 4.69) is 20.8 Å². The van der Waals surface area contributed by atoms with Crippen molar-refractivity contribution in [1.82, 2.24) is 0 Å². The van der Waals surface area contributed by atoms with E-state index in [4.69, 9.17) is 16.3 Å². The minimum atomic E-state index is 0.336. The summed E-state index contributed by atoms with van der Waals surface area (Å²) in [5, 5.41) is 0.372. The average molecular weight is 245 g/mol. The van der Waals surface area contributed by atoms with E-state index in [1.807, 2.05) is 0 Å². The summed E-state index contributed by atoms with van der Waals surface area (Å²) in [7, 11) is 0. The lowest BCUT2D eigenvalue weighted by atomic mass is 9.58. The highest BCUT2D eigenvalue weighted by molar-refractivity contribution is 6.21. The van der Waals surface area contributed by atoms with Crippen molar-refractivity contribution in [2.45, 2.75) is 76.9 Å². The van der Waals surface area contributed by atoms with Gasteiger partial charge in [0.05, 0.1) is 12.2 Å². The van der Waals surface area contributed by atoms with E-state index in [-0.39, 0.29) is 0 Å². The molecule has 0 N–H and O–H groups in total. The van der Waals surface area contributed by atoms with Gasteiger partial charge in [-0.25, -0.2) is 0 Å². The van der Waals surface area contributed by atoms with Crippen molar-refractivity contribution in [3.63, 3.8) is 0 Å². The fourth-order valence-electron chi connectivity index (χ4n) is 3.15. The lowest BCUT2D eigenvalue weighted by Crippen LogP contribution is -2.57. The van der Waals surface area contributed by atoms with E-state index in [1.54, 1.807) is 0 Å². The summed E-state index contributed by atoms with van der Waals surface area (Å²) in [4.78, 5) is 0. The average Bonchev–Trinajstić information content (AvgIpc) is 2.29. The number of rotatable bonds is 3. The maximum absolute atomic E-state index is 6.46. The minimum Gasteiger partial charge on any atom is -0.374 e. The zero-order chi connectivity index (χ0) is 11.8. The summed E-state index contributed by atoms with van der Waals surface area (Å²) in [6.45, 7) is 6.66. The molecule has 2 heteroatoms. The van der Waals surface area contributed by atoms with Gasteiger partial charge in [-0.1, -0.05) is 33.1 Å². The Morgan fingerprint density at radius 2 is 1.75 bits per heavy atom. The molecule has 0 aliphatic heterocycles. The third-order valence-corrected chi connectivity index (χ3v) is 5.40. The molecule has 2 saturated carbocycles. The molecule has 1 spiro atoms. The maximum atomic E-state index is 6.46. The van der Waals surface area contributed by atoms with Gasteiger partial charge in [0.1, 0.15) is 0 Å². The highest BCUT2D eigenvalue weighted by Crippen LogP contribution is 2.56. The molecule has 3 unspecified atom stereocenters. The molecular formula is C14H25ClO. The third kappa shape index (κ3) is 2.13. The van der Waals surface area contributed by atoms with E-state index in [0.717, 1.165) is 6.42 Å². The first-order valence-electron chi connectivity index (χ1n) is 6.86. The molecule has 0 aromatic rings. The summed E-state index contributed by atoms with van der Waals surface area (Å²) in [6, 6.07) is 0. The SMILES string of the molecule is CC(C)C(C)OC1CC(Cl)C12CCCCC2. The van der Waals surface area contributed by atoms with Gasteiger partial charge in [0.2, 0.25) is 0 Å². The molecule has 16 heavy (non-hydrogen) atoms. The fraction of sp³-hybridized carbons (Fsp3) is 1.00. The molecule has 2 rings (SSSR count). The second-order valence-electron chi connectivity index (χ2n) is 6.07. The molecular weight excluding hydrogens is 220 g/mol. The van der Waals surface area contributed by atoms with Crippen LogP contribution < -0.4 is 0 Å². The lowest BCUT2D eigenvalue weighted by molar-refractivity contribution is -0.157. The molecule has 2 fully saturated rings. The zero-order valence-corrected chi connectivity index (χ0v) is 11.6. The van der Waals surface area contributed by atoms with E-state index in [1.165, 1.54) is 32.1 Å². The van der Waals surface area contributed by atoms with Gasteiger partial charge in [0.25, 0.3) is 0 Å². The number of hydrogen-bond acceptors (Lipinski definition) is 1. The predicted molar refractivity (Wildman–Crippen MR) is 68.9 cm³/mol. The molecule has 1 nitrogen and oxygen atoms in total. The van der Waals surface area contributed by atoms with E-state index < -0.39 is 0 Å². The Labute approximate surface area is 105 Å². The highest BCUT2D eigenvalue weighted by atomic mass is 35.5. The zero-order valence-electron chi connectivity index (χ0n) is 10.8. The molecule has 0 aromatic heterocycles. The van der Waals surface area contributed by atoms with Crippen LogP contribution in [0.5, 0.6) is 0 Å². The van der Waals surface area contributed by atoms with Crippen molar-refractivity contribution in [2.75, 3.05) is 0 Å². The number of halogens is 1. The van der Waals surface area contributed by atoms with E-state index in [0.29, 0.717) is 28.9 Å². The smallest absolute Gasteiger partial charge is 0.0663 e. The van der Waals surface area contributed by atoms with Crippen LogP contribution in [-0.4, -0.2) is 17.6 Å². The van der Waals surface area contributed by atoms with Gasteiger partial charge in [-0.15, -0.1) is 11.6 Å². The Bertz CT molecular complexity index is 233. The number of hydrogen-bond donors (Lipinski definition) is 0. The number of alkyl halides is 1. The predicted octanol–water partition coefficient (Wildman–Crippen LogP) is 4.38. The van der Waals surface area contributed by atoms with Gasteiger partial charge >= 0.3 is 0 Å². The third-order valence-electron chi connectivity index (χ3n) is 4.79. The second kappa shape index (κ2) is 4.86. The highest BCUT2D eigenvalue weighted by Gasteiger charge is 2.55. The largest absolute Gasteiger partial charge is 0.374 e. The fourth-order valence-corrected chi connectivity index (χ4v) is 3.67. The van der Waals surface area contributed by atoms with Gasteiger partial charge in [-0.3, -0.25) is 0 Å². The second-order valence-corrected chi connectivity index (χ2v) is 6.60. The Kier molecular flexibility index (Phi) is 3.86. The molecule has 0 aromatic carbocycles. The van der Waals surface area contributed by atoms with Crippen molar-refractivity contribution in [2.24, 2.45) is 11.3 Å². The minimum absolute atomic E-state index is 0.336. The molecule has 0 heterocycles. The van der Waals surface area contributed by atoms with E-state index in [9.17, 15) is 0 Å². The standard InChI is InChI=1S/C14H25ClO/c1-10(2)11(3)16-13-9-12(15)14(13)7-5-4-6-8-14/h10-13H,4-9H2,1-3H3. The summed E-state index contributed by atoms with van der Waals surface area (Å²) in [6.07, 6.45) is 8.53. The lowest BCUT2D eigenvalue weighted by Gasteiger charge is -2.56. The van der Waals surface area contributed by atoms with Gasteiger partial charge < -0.3 is 4.74 Å². The van der Waals surface area contributed by atoms with Crippen LogP contribution in [0.1, 0.15) is 59.3 Å². The van der Waals surface area contributed by atoms with Crippen molar-refractivity contribution >= 4 is 11.6 Å². The van der Waals surface area contributed by atoms with Gasteiger partial charge in [0, 0.05) is 10.8 Å². The van der Waals surface area contributed by atoms with Crippen LogP contribution in [0.25, 0.3) is 0 Å². The van der Waals surface area contributed by atoms with Crippen LogP contribution in [0.15, 0.2) is 0 Å². The Morgan fingerprint density at radius 3 is 2.25 bits per heavy atom. The molecule has 0 radical (unpaired) electrons. The molecule has 2 aliphatic carbocycles. The van der Waals surface area contributed by atoms with Crippen molar-refractivity contribution in [3.8, 4) is 0 Å². The Morgan fingerprint density at radius 1 is 1.12 bits per heavy atom. The van der Waals surface area contributed by atoms with Crippen molar-refractivity contribution in [3.05, 3.63) is 0 Å².